The number of carbonyl (C=O) groups is 2. The summed E-state index contributed by atoms with van der Waals surface area (Å²) in [6.45, 7) is 1.16. The number of nitrogens with one attached hydrogen (secondary N) is 2. The Labute approximate surface area is 128 Å². The summed E-state index contributed by atoms with van der Waals surface area (Å²) < 4.78 is 4.81. The smallest absolute Gasteiger partial charge is 0.252 e. The van der Waals surface area contributed by atoms with Crippen LogP contribution >= 0.6 is 24.2 Å². The normalized spacial score (nSPS) is 10.2. The molecule has 0 radical (unpaired) electrons. The summed E-state index contributed by atoms with van der Waals surface area (Å²) in [4.78, 5) is 23.9. The zero-order valence-electron chi connectivity index (χ0n) is 11.1. The van der Waals surface area contributed by atoms with Crippen LogP contribution in [-0.2, 0) is 9.53 Å². The van der Waals surface area contributed by atoms with Crippen molar-refractivity contribution in [2.75, 3.05) is 26.8 Å². The van der Waals surface area contributed by atoms with E-state index in [4.69, 9.17) is 16.3 Å². The Hall–Kier alpha value is -1.24. The van der Waals surface area contributed by atoms with E-state index in [2.05, 4.69) is 23.3 Å². The van der Waals surface area contributed by atoms with Crippen molar-refractivity contribution in [2.24, 2.45) is 0 Å². The number of hydrogen-bond donors (Lipinski definition) is 3. The summed E-state index contributed by atoms with van der Waals surface area (Å²) in [5.74, 6) is -0.466. The van der Waals surface area contributed by atoms with Gasteiger partial charge in [-0.3, -0.25) is 9.59 Å². The zero-order chi connectivity index (χ0) is 15.0. The van der Waals surface area contributed by atoms with E-state index < -0.39 is 0 Å². The van der Waals surface area contributed by atoms with E-state index in [1.807, 2.05) is 0 Å². The minimum absolute atomic E-state index is 0.142. The number of rotatable bonds is 7. The second-order valence-electron chi connectivity index (χ2n) is 4.01. The number of methoxy groups -OCH3 is 1. The molecule has 0 aromatic heterocycles. The number of amides is 2. The van der Waals surface area contributed by atoms with Crippen molar-refractivity contribution >= 4 is 36.0 Å². The molecule has 1 rings (SSSR count). The van der Waals surface area contributed by atoms with Gasteiger partial charge in [0.25, 0.3) is 5.91 Å². The average Bonchev–Trinajstić information content (AvgIpc) is 2.41. The summed E-state index contributed by atoms with van der Waals surface area (Å²) in [5.41, 5.74) is 0.346. The van der Waals surface area contributed by atoms with Crippen LogP contribution in [0.3, 0.4) is 0 Å². The first-order chi connectivity index (χ1) is 9.54. The first-order valence-corrected chi connectivity index (χ1v) is 6.89. The molecule has 20 heavy (non-hydrogen) atoms. The summed E-state index contributed by atoms with van der Waals surface area (Å²) in [7, 11) is 1.56. The first-order valence-electron chi connectivity index (χ1n) is 6.07. The Morgan fingerprint density at radius 3 is 2.75 bits per heavy atom. The molecular weight excluding hydrogens is 300 g/mol. The lowest BCUT2D eigenvalue weighted by Crippen LogP contribution is -2.32. The monoisotopic (exact) mass is 316 g/mol. The Bertz CT molecular complexity index is 483. The number of benzene rings is 1. The SMILES string of the molecule is COCCNC(=O)CCNC(=O)c1cc(S)ccc1Cl. The zero-order valence-corrected chi connectivity index (χ0v) is 12.8. The molecule has 1 aromatic carbocycles. The van der Waals surface area contributed by atoms with Crippen molar-refractivity contribution in [2.45, 2.75) is 11.3 Å². The molecule has 2 amide bonds. The fourth-order valence-electron chi connectivity index (χ4n) is 1.45. The molecule has 7 heteroatoms. The number of halogens is 1. The molecule has 0 heterocycles. The number of carbonyl (C=O) groups excluding carboxylic acids is 2. The molecule has 1 aromatic rings. The maximum atomic E-state index is 11.9. The van der Waals surface area contributed by atoms with Gasteiger partial charge in [0.2, 0.25) is 5.91 Å². The van der Waals surface area contributed by atoms with Gasteiger partial charge in [-0.05, 0) is 18.2 Å². The van der Waals surface area contributed by atoms with Crippen molar-refractivity contribution in [3.8, 4) is 0 Å². The van der Waals surface area contributed by atoms with E-state index in [9.17, 15) is 9.59 Å². The second-order valence-corrected chi connectivity index (χ2v) is 4.94. The molecule has 0 saturated heterocycles. The fraction of sp³-hybridized carbons (Fsp3) is 0.385. The van der Waals surface area contributed by atoms with Crippen LogP contribution in [-0.4, -0.2) is 38.6 Å². The van der Waals surface area contributed by atoms with Gasteiger partial charge in [0, 0.05) is 31.5 Å². The first kappa shape index (κ1) is 16.8. The highest BCUT2D eigenvalue weighted by Crippen LogP contribution is 2.19. The molecule has 2 N–H and O–H groups in total. The minimum Gasteiger partial charge on any atom is -0.383 e. The molecule has 0 saturated carbocycles. The van der Waals surface area contributed by atoms with Gasteiger partial charge in [0.15, 0.2) is 0 Å². The standard InChI is InChI=1S/C13H17ClN2O3S/c1-19-7-6-15-12(17)4-5-16-13(18)10-8-9(20)2-3-11(10)14/h2-3,8,20H,4-7H2,1H3,(H,15,17)(H,16,18). The third kappa shape index (κ3) is 5.81. The Morgan fingerprint density at radius 1 is 1.30 bits per heavy atom. The van der Waals surface area contributed by atoms with Crippen molar-refractivity contribution in [3.05, 3.63) is 28.8 Å². The van der Waals surface area contributed by atoms with Crippen molar-refractivity contribution < 1.29 is 14.3 Å². The van der Waals surface area contributed by atoms with Gasteiger partial charge >= 0.3 is 0 Å². The molecule has 0 aliphatic heterocycles. The van der Waals surface area contributed by atoms with Crippen LogP contribution in [0.4, 0.5) is 0 Å². The predicted molar refractivity (Wildman–Crippen MR) is 80.5 cm³/mol. The summed E-state index contributed by atoms with van der Waals surface area (Å²) >= 11 is 10.1. The molecule has 0 aliphatic carbocycles. The molecule has 0 unspecified atom stereocenters. The lowest BCUT2D eigenvalue weighted by atomic mass is 10.2. The number of thiol groups is 1. The predicted octanol–water partition coefficient (Wildman–Crippen LogP) is 1.51. The Morgan fingerprint density at radius 2 is 2.05 bits per heavy atom. The average molecular weight is 317 g/mol. The van der Waals surface area contributed by atoms with E-state index in [1.165, 1.54) is 0 Å². The molecule has 5 nitrogen and oxygen atoms in total. The highest BCUT2D eigenvalue weighted by Gasteiger charge is 2.10. The van der Waals surface area contributed by atoms with Gasteiger partial charge in [0.05, 0.1) is 17.2 Å². The van der Waals surface area contributed by atoms with Crippen LogP contribution in [0.1, 0.15) is 16.8 Å². The lowest BCUT2D eigenvalue weighted by molar-refractivity contribution is -0.121. The molecule has 0 bridgehead atoms. The molecule has 0 aliphatic rings. The van der Waals surface area contributed by atoms with E-state index in [1.54, 1.807) is 25.3 Å². The molecule has 0 fully saturated rings. The van der Waals surface area contributed by atoms with Crippen LogP contribution in [0.15, 0.2) is 23.1 Å². The number of ether oxygens (including phenoxy) is 1. The topological polar surface area (TPSA) is 67.4 Å². The van der Waals surface area contributed by atoms with Crippen molar-refractivity contribution in [1.29, 1.82) is 0 Å². The van der Waals surface area contributed by atoms with Gasteiger partial charge in [-0.1, -0.05) is 11.6 Å². The van der Waals surface area contributed by atoms with E-state index >= 15 is 0 Å². The van der Waals surface area contributed by atoms with Gasteiger partial charge in [-0.15, -0.1) is 12.6 Å². The van der Waals surface area contributed by atoms with E-state index in [0.717, 1.165) is 0 Å². The maximum Gasteiger partial charge on any atom is 0.252 e. The lowest BCUT2D eigenvalue weighted by Gasteiger charge is -2.08. The molecule has 110 valence electrons. The second kappa shape index (κ2) is 8.84. The molecular formula is C13H17ClN2O3S. The summed E-state index contributed by atoms with van der Waals surface area (Å²) in [6.07, 6.45) is 0.202. The Balaban J connectivity index is 2.36. The van der Waals surface area contributed by atoms with E-state index in [0.29, 0.717) is 28.6 Å². The minimum atomic E-state index is -0.324. The van der Waals surface area contributed by atoms with Crippen LogP contribution in [0.2, 0.25) is 5.02 Å². The summed E-state index contributed by atoms with van der Waals surface area (Å²) in [5, 5.41) is 5.65. The van der Waals surface area contributed by atoms with Crippen LogP contribution in [0.25, 0.3) is 0 Å². The molecule has 0 atom stereocenters. The van der Waals surface area contributed by atoms with Crippen LogP contribution in [0.5, 0.6) is 0 Å². The van der Waals surface area contributed by atoms with Gasteiger partial charge < -0.3 is 15.4 Å². The Kier molecular flexibility index (Phi) is 7.43. The third-order valence-electron chi connectivity index (χ3n) is 2.46. The van der Waals surface area contributed by atoms with Gasteiger partial charge in [-0.25, -0.2) is 0 Å². The van der Waals surface area contributed by atoms with Gasteiger partial charge in [0.1, 0.15) is 0 Å². The maximum absolute atomic E-state index is 11.9. The quantitative estimate of drug-likeness (QED) is 0.527. The largest absolute Gasteiger partial charge is 0.383 e. The summed E-state index contributed by atoms with van der Waals surface area (Å²) in [6, 6.07) is 4.89. The highest BCUT2D eigenvalue weighted by molar-refractivity contribution is 7.80. The third-order valence-corrected chi connectivity index (χ3v) is 3.07. The van der Waals surface area contributed by atoms with Crippen molar-refractivity contribution in [1.82, 2.24) is 10.6 Å². The van der Waals surface area contributed by atoms with Crippen molar-refractivity contribution in [3.63, 3.8) is 0 Å². The van der Waals surface area contributed by atoms with Gasteiger partial charge in [-0.2, -0.15) is 0 Å². The highest BCUT2D eigenvalue weighted by atomic mass is 35.5. The van der Waals surface area contributed by atoms with Crippen LogP contribution in [0, 0.1) is 0 Å². The molecule has 0 spiro atoms. The van der Waals surface area contributed by atoms with Crippen LogP contribution < -0.4 is 10.6 Å². The fourth-order valence-corrected chi connectivity index (χ4v) is 1.86. The van der Waals surface area contributed by atoms with E-state index in [-0.39, 0.29) is 24.8 Å². The number of hydrogen-bond acceptors (Lipinski definition) is 4.